The summed E-state index contributed by atoms with van der Waals surface area (Å²) in [6, 6.07) is 19.9. The fourth-order valence-electron chi connectivity index (χ4n) is 3.29. The molecule has 0 aliphatic rings. The van der Waals surface area contributed by atoms with E-state index < -0.39 is 33.8 Å². The Bertz CT molecular complexity index is 1450. The molecule has 4 aromatic rings. The van der Waals surface area contributed by atoms with Crippen LogP contribution in [0.3, 0.4) is 0 Å². The number of amides is 3. The average Bonchev–Trinajstić information content (AvgIpc) is 3.63. The Hall–Kier alpha value is -4.42. The molecule has 0 aliphatic heterocycles. The van der Waals surface area contributed by atoms with Crippen molar-refractivity contribution < 1.29 is 27.2 Å². The SMILES string of the molecule is O=C(NNC(=O)[C@H](Cc1ccccc1)NC(=O)c1ccco1)c1ccc(NS(=O)(=O)c2cccs2)cc1. The summed E-state index contributed by atoms with van der Waals surface area (Å²) in [6.07, 6.45) is 1.52. The number of rotatable bonds is 9. The summed E-state index contributed by atoms with van der Waals surface area (Å²) < 4.78 is 32.4. The van der Waals surface area contributed by atoms with E-state index in [0.717, 1.165) is 16.9 Å². The number of benzene rings is 2. The van der Waals surface area contributed by atoms with Crippen LogP contribution in [0.4, 0.5) is 5.69 Å². The van der Waals surface area contributed by atoms with Gasteiger partial charge in [0.15, 0.2) is 5.76 Å². The van der Waals surface area contributed by atoms with E-state index in [2.05, 4.69) is 20.9 Å². The number of hydrogen-bond acceptors (Lipinski definition) is 7. The topological polar surface area (TPSA) is 147 Å². The maximum absolute atomic E-state index is 12.9. The summed E-state index contributed by atoms with van der Waals surface area (Å²) in [6.45, 7) is 0. The molecule has 12 heteroatoms. The number of carbonyl (C=O) groups is 3. The summed E-state index contributed by atoms with van der Waals surface area (Å²) in [7, 11) is -3.72. The van der Waals surface area contributed by atoms with E-state index >= 15 is 0 Å². The summed E-state index contributed by atoms with van der Waals surface area (Å²) >= 11 is 1.09. The van der Waals surface area contributed by atoms with Crippen molar-refractivity contribution in [1.29, 1.82) is 0 Å². The lowest BCUT2D eigenvalue weighted by atomic mass is 10.1. The molecule has 0 bridgehead atoms. The molecule has 190 valence electrons. The van der Waals surface area contributed by atoms with Crippen LogP contribution in [0, 0.1) is 0 Å². The highest BCUT2D eigenvalue weighted by atomic mass is 32.2. The summed E-state index contributed by atoms with van der Waals surface area (Å²) in [5.41, 5.74) is 5.90. The fraction of sp³-hybridized carbons (Fsp3) is 0.0800. The number of anilines is 1. The molecule has 3 amide bonds. The van der Waals surface area contributed by atoms with Gasteiger partial charge in [0.25, 0.3) is 27.7 Å². The average molecular weight is 539 g/mol. The zero-order chi connectivity index (χ0) is 26.3. The van der Waals surface area contributed by atoms with Gasteiger partial charge in [-0.05, 0) is 53.4 Å². The van der Waals surface area contributed by atoms with E-state index in [-0.39, 0.29) is 27.6 Å². The Morgan fingerprint density at radius 2 is 1.59 bits per heavy atom. The molecule has 0 saturated carbocycles. The Kier molecular flexibility index (Phi) is 8.01. The largest absolute Gasteiger partial charge is 0.459 e. The van der Waals surface area contributed by atoms with Gasteiger partial charge in [-0.25, -0.2) is 8.42 Å². The summed E-state index contributed by atoms with van der Waals surface area (Å²) in [4.78, 5) is 37.9. The second-order valence-electron chi connectivity index (χ2n) is 7.75. The van der Waals surface area contributed by atoms with E-state index in [1.54, 1.807) is 17.5 Å². The van der Waals surface area contributed by atoms with Gasteiger partial charge in [0.1, 0.15) is 10.3 Å². The van der Waals surface area contributed by atoms with Crippen molar-refractivity contribution in [2.45, 2.75) is 16.7 Å². The van der Waals surface area contributed by atoms with Gasteiger partial charge >= 0.3 is 0 Å². The fourth-order valence-corrected chi connectivity index (χ4v) is 5.34. The van der Waals surface area contributed by atoms with Crippen LogP contribution in [0.15, 0.2) is 99.1 Å². The van der Waals surface area contributed by atoms with Gasteiger partial charge in [0.05, 0.1) is 6.26 Å². The molecular formula is C25H22N4O6S2. The van der Waals surface area contributed by atoms with Crippen molar-refractivity contribution in [3.05, 3.63) is 107 Å². The number of sulfonamides is 1. The second-order valence-corrected chi connectivity index (χ2v) is 10.6. The van der Waals surface area contributed by atoms with E-state index in [4.69, 9.17) is 4.42 Å². The maximum atomic E-state index is 12.9. The van der Waals surface area contributed by atoms with Crippen LogP contribution in [-0.4, -0.2) is 32.2 Å². The summed E-state index contributed by atoms with van der Waals surface area (Å²) in [5, 5.41) is 4.27. The first-order valence-corrected chi connectivity index (χ1v) is 13.3. The number of nitrogens with one attached hydrogen (secondary N) is 4. The predicted molar refractivity (Wildman–Crippen MR) is 137 cm³/mol. The highest BCUT2D eigenvalue weighted by molar-refractivity contribution is 7.94. The van der Waals surface area contributed by atoms with Gasteiger partial charge in [-0.15, -0.1) is 11.3 Å². The molecule has 4 N–H and O–H groups in total. The third kappa shape index (κ3) is 6.84. The van der Waals surface area contributed by atoms with Gasteiger partial charge in [0, 0.05) is 17.7 Å². The number of hydrazine groups is 1. The Labute approximate surface area is 216 Å². The maximum Gasteiger partial charge on any atom is 0.287 e. The third-order valence-electron chi connectivity index (χ3n) is 5.11. The molecule has 4 rings (SSSR count). The monoisotopic (exact) mass is 538 g/mol. The minimum atomic E-state index is -3.72. The first kappa shape index (κ1) is 25.7. The molecule has 0 spiro atoms. The van der Waals surface area contributed by atoms with E-state index in [1.807, 2.05) is 30.3 Å². The van der Waals surface area contributed by atoms with Gasteiger partial charge < -0.3 is 9.73 Å². The number of thiophene rings is 1. The molecule has 0 fully saturated rings. The van der Waals surface area contributed by atoms with Crippen LogP contribution in [0.25, 0.3) is 0 Å². The molecule has 0 unspecified atom stereocenters. The molecule has 0 aliphatic carbocycles. The molecule has 2 heterocycles. The van der Waals surface area contributed by atoms with Crippen molar-refractivity contribution in [3.63, 3.8) is 0 Å². The van der Waals surface area contributed by atoms with E-state index in [1.165, 1.54) is 42.7 Å². The lowest BCUT2D eigenvalue weighted by molar-refractivity contribution is -0.123. The lowest BCUT2D eigenvalue weighted by Gasteiger charge is -2.18. The zero-order valence-electron chi connectivity index (χ0n) is 19.2. The molecular weight excluding hydrogens is 516 g/mol. The normalized spacial score (nSPS) is 11.8. The Morgan fingerprint density at radius 3 is 2.24 bits per heavy atom. The van der Waals surface area contributed by atoms with E-state index in [0.29, 0.717) is 0 Å². The standard InChI is InChI=1S/C25H22N4O6S2/c30-23(18-10-12-19(13-11-18)29-37(33,34)22-9-5-15-36-22)27-28-24(31)20(16-17-6-2-1-3-7-17)26-25(32)21-8-4-14-35-21/h1-15,20,29H,16H2,(H,26,32)(H,27,30)(H,28,31)/t20-/m0/s1. The van der Waals surface area contributed by atoms with Gasteiger partial charge in [-0.3, -0.25) is 30.0 Å². The van der Waals surface area contributed by atoms with Crippen LogP contribution >= 0.6 is 11.3 Å². The number of carbonyl (C=O) groups excluding carboxylic acids is 3. The first-order valence-electron chi connectivity index (χ1n) is 11.0. The Morgan fingerprint density at radius 1 is 0.838 bits per heavy atom. The van der Waals surface area contributed by atoms with Crippen molar-refractivity contribution in [2.24, 2.45) is 0 Å². The third-order valence-corrected chi connectivity index (χ3v) is 7.89. The van der Waals surface area contributed by atoms with Crippen LogP contribution < -0.4 is 20.9 Å². The lowest BCUT2D eigenvalue weighted by Crippen LogP contribution is -2.53. The van der Waals surface area contributed by atoms with Crippen LogP contribution in [-0.2, 0) is 21.2 Å². The first-order chi connectivity index (χ1) is 17.8. The van der Waals surface area contributed by atoms with Crippen molar-refractivity contribution in [1.82, 2.24) is 16.2 Å². The minimum absolute atomic E-state index is 0.0460. The molecule has 0 radical (unpaired) electrons. The number of hydrogen-bond donors (Lipinski definition) is 4. The quantitative estimate of drug-likeness (QED) is 0.241. The van der Waals surface area contributed by atoms with Crippen LogP contribution in [0.5, 0.6) is 0 Å². The minimum Gasteiger partial charge on any atom is -0.459 e. The molecule has 2 aromatic carbocycles. The smallest absolute Gasteiger partial charge is 0.287 e. The van der Waals surface area contributed by atoms with E-state index in [9.17, 15) is 22.8 Å². The second kappa shape index (κ2) is 11.5. The Balaban J connectivity index is 1.37. The van der Waals surface area contributed by atoms with Crippen LogP contribution in [0.1, 0.15) is 26.5 Å². The van der Waals surface area contributed by atoms with Gasteiger partial charge in [-0.1, -0.05) is 36.4 Å². The predicted octanol–water partition coefficient (Wildman–Crippen LogP) is 2.94. The van der Waals surface area contributed by atoms with Gasteiger partial charge in [0.2, 0.25) is 0 Å². The highest BCUT2D eigenvalue weighted by Crippen LogP contribution is 2.20. The summed E-state index contributed by atoms with van der Waals surface area (Å²) in [5.74, 6) is -1.80. The molecule has 10 nitrogen and oxygen atoms in total. The van der Waals surface area contributed by atoms with Crippen molar-refractivity contribution in [2.75, 3.05) is 4.72 Å². The molecule has 1 atom stereocenters. The van der Waals surface area contributed by atoms with Crippen LogP contribution in [0.2, 0.25) is 0 Å². The molecule has 37 heavy (non-hydrogen) atoms. The molecule has 0 saturated heterocycles. The van der Waals surface area contributed by atoms with Crippen molar-refractivity contribution in [3.8, 4) is 0 Å². The zero-order valence-corrected chi connectivity index (χ0v) is 20.8. The number of furan rings is 1. The molecule has 2 aromatic heterocycles. The van der Waals surface area contributed by atoms with Crippen molar-refractivity contribution >= 4 is 44.8 Å². The highest BCUT2D eigenvalue weighted by Gasteiger charge is 2.24. The van der Waals surface area contributed by atoms with Gasteiger partial charge in [-0.2, -0.15) is 0 Å².